The van der Waals surface area contributed by atoms with Gasteiger partial charge in [-0.1, -0.05) is 24.3 Å². The number of rotatable bonds is 7. The van der Waals surface area contributed by atoms with E-state index in [-0.39, 0.29) is 12.5 Å². The minimum Gasteiger partial charge on any atom is -0.492 e. The first-order valence-electron chi connectivity index (χ1n) is 7.30. The monoisotopic (exact) mass is 299 g/mol. The molecule has 116 valence electrons. The maximum Gasteiger partial charge on any atom is 0.258 e. The van der Waals surface area contributed by atoms with Gasteiger partial charge in [0.1, 0.15) is 18.1 Å². The van der Waals surface area contributed by atoms with Crippen LogP contribution in [-0.2, 0) is 4.79 Å². The molecule has 22 heavy (non-hydrogen) atoms. The Balaban J connectivity index is 1.63. The molecule has 1 N–H and O–H groups in total. The van der Waals surface area contributed by atoms with Crippen LogP contribution in [0.3, 0.4) is 0 Å². The van der Waals surface area contributed by atoms with Gasteiger partial charge in [-0.2, -0.15) is 0 Å². The lowest BCUT2D eigenvalue weighted by molar-refractivity contribution is -0.123. The first-order chi connectivity index (χ1) is 10.6. The predicted molar refractivity (Wildman–Crippen MR) is 86.4 cm³/mol. The molecule has 0 bridgehead atoms. The van der Waals surface area contributed by atoms with Crippen molar-refractivity contribution >= 4 is 5.91 Å². The van der Waals surface area contributed by atoms with Gasteiger partial charge in [0.25, 0.3) is 5.91 Å². The lowest BCUT2D eigenvalue weighted by Gasteiger charge is -2.10. The zero-order valence-corrected chi connectivity index (χ0v) is 13.0. The summed E-state index contributed by atoms with van der Waals surface area (Å²) in [7, 11) is 0. The lowest BCUT2D eigenvalue weighted by Crippen LogP contribution is -2.32. The first-order valence-corrected chi connectivity index (χ1v) is 7.30. The Morgan fingerprint density at radius 2 is 1.73 bits per heavy atom. The number of ether oxygens (including phenoxy) is 2. The highest BCUT2D eigenvalue weighted by atomic mass is 16.5. The molecule has 0 atom stereocenters. The average molecular weight is 299 g/mol. The van der Waals surface area contributed by atoms with E-state index in [4.69, 9.17) is 9.47 Å². The Bertz CT molecular complexity index is 611. The number of carbonyl (C=O) groups is 1. The van der Waals surface area contributed by atoms with Gasteiger partial charge in [-0.25, -0.2) is 0 Å². The smallest absolute Gasteiger partial charge is 0.258 e. The number of carbonyl (C=O) groups excluding carboxylic acids is 1. The molecule has 0 saturated carbocycles. The zero-order chi connectivity index (χ0) is 15.8. The van der Waals surface area contributed by atoms with E-state index in [1.54, 1.807) is 0 Å². The standard InChI is InChI=1S/C18H21NO3/c1-14-8-9-17(12-15(14)2)21-11-10-19-18(20)13-22-16-6-4-3-5-7-16/h3-9,12H,10-11,13H2,1-2H3,(H,19,20). The molecule has 2 rings (SSSR count). The van der Waals surface area contributed by atoms with Gasteiger partial charge in [0.15, 0.2) is 6.61 Å². The second-order valence-electron chi connectivity index (χ2n) is 5.05. The number of aryl methyl sites for hydroxylation is 2. The maximum atomic E-state index is 11.6. The van der Waals surface area contributed by atoms with Gasteiger partial charge < -0.3 is 14.8 Å². The minimum atomic E-state index is -0.160. The predicted octanol–water partition coefficient (Wildman–Crippen LogP) is 2.88. The summed E-state index contributed by atoms with van der Waals surface area (Å²) in [6, 6.07) is 15.2. The van der Waals surface area contributed by atoms with Crippen molar-refractivity contribution in [1.29, 1.82) is 0 Å². The van der Waals surface area contributed by atoms with Crippen molar-refractivity contribution in [1.82, 2.24) is 5.32 Å². The third-order valence-corrected chi connectivity index (χ3v) is 3.28. The summed E-state index contributed by atoms with van der Waals surface area (Å²) in [5.41, 5.74) is 2.43. The van der Waals surface area contributed by atoms with Crippen molar-refractivity contribution in [3.63, 3.8) is 0 Å². The van der Waals surface area contributed by atoms with Gasteiger partial charge in [0, 0.05) is 0 Å². The van der Waals surface area contributed by atoms with E-state index in [9.17, 15) is 4.79 Å². The summed E-state index contributed by atoms with van der Waals surface area (Å²) >= 11 is 0. The molecule has 0 aliphatic rings. The molecule has 0 aromatic heterocycles. The highest BCUT2D eigenvalue weighted by molar-refractivity contribution is 5.77. The number of hydrogen-bond donors (Lipinski definition) is 1. The van der Waals surface area contributed by atoms with Crippen molar-refractivity contribution in [2.75, 3.05) is 19.8 Å². The van der Waals surface area contributed by atoms with Crippen LogP contribution < -0.4 is 14.8 Å². The SMILES string of the molecule is Cc1ccc(OCCNC(=O)COc2ccccc2)cc1C. The van der Waals surface area contributed by atoms with Crippen LogP contribution in [0.5, 0.6) is 11.5 Å². The number of nitrogens with one attached hydrogen (secondary N) is 1. The summed E-state index contributed by atoms with van der Waals surface area (Å²) in [6.45, 7) is 4.99. The molecule has 0 aliphatic heterocycles. The molecule has 2 aromatic rings. The normalized spacial score (nSPS) is 10.1. The summed E-state index contributed by atoms with van der Waals surface area (Å²) in [6.07, 6.45) is 0. The maximum absolute atomic E-state index is 11.6. The molecule has 4 nitrogen and oxygen atoms in total. The fraction of sp³-hybridized carbons (Fsp3) is 0.278. The van der Waals surface area contributed by atoms with Crippen LogP contribution in [-0.4, -0.2) is 25.7 Å². The van der Waals surface area contributed by atoms with Crippen LogP contribution in [0.15, 0.2) is 48.5 Å². The molecule has 0 heterocycles. The number of amides is 1. The summed E-state index contributed by atoms with van der Waals surface area (Å²) < 4.78 is 11.0. The minimum absolute atomic E-state index is 0.00759. The molecular weight excluding hydrogens is 278 g/mol. The van der Waals surface area contributed by atoms with E-state index >= 15 is 0 Å². The van der Waals surface area contributed by atoms with Gasteiger partial charge >= 0.3 is 0 Å². The molecule has 0 aliphatic carbocycles. The van der Waals surface area contributed by atoms with Crippen LogP contribution >= 0.6 is 0 Å². The Kier molecular flexibility index (Phi) is 5.83. The number of benzene rings is 2. The van der Waals surface area contributed by atoms with Crippen LogP contribution in [0.1, 0.15) is 11.1 Å². The van der Waals surface area contributed by atoms with E-state index in [1.807, 2.05) is 55.5 Å². The second-order valence-corrected chi connectivity index (χ2v) is 5.05. The van der Waals surface area contributed by atoms with Crippen LogP contribution in [0.4, 0.5) is 0 Å². The Hall–Kier alpha value is -2.49. The van der Waals surface area contributed by atoms with E-state index < -0.39 is 0 Å². The highest BCUT2D eigenvalue weighted by Gasteiger charge is 2.02. The topological polar surface area (TPSA) is 47.6 Å². The Morgan fingerprint density at radius 1 is 0.955 bits per heavy atom. The van der Waals surface area contributed by atoms with Crippen molar-refractivity contribution < 1.29 is 14.3 Å². The van der Waals surface area contributed by atoms with Crippen molar-refractivity contribution in [3.05, 3.63) is 59.7 Å². The van der Waals surface area contributed by atoms with Gasteiger partial charge in [-0.3, -0.25) is 4.79 Å². The fourth-order valence-corrected chi connectivity index (χ4v) is 1.88. The van der Waals surface area contributed by atoms with Gasteiger partial charge in [0.2, 0.25) is 0 Å². The summed E-state index contributed by atoms with van der Waals surface area (Å²) in [5, 5.41) is 2.76. The van der Waals surface area contributed by atoms with E-state index in [0.717, 1.165) is 5.75 Å². The molecule has 0 saturated heterocycles. The van der Waals surface area contributed by atoms with Crippen LogP contribution in [0, 0.1) is 13.8 Å². The van der Waals surface area contributed by atoms with Crippen LogP contribution in [0.25, 0.3) is 0 Å². The van der Waals surface area contributed by atoms with Crippen molar-refractivity contribution in [3.8, 4) is 11.5 Å². The van der Waals surface area contributed by atoms with E-state index in [2.05, 4.69) is 12.2 Å². The number of hydrogen-bond acceptors (Lipinski definition) is 3. The zero-order valence-electron chi connectivity index (χ0n) is 13.0. The largest absolute Gasteiger partial charge is 0.492 e. The summed E-state index contributed by atoms with van der Waals surface area (Å²) in [4.78, 5) is 11.6. The summed E-state index contributed by atoms with van der Waals surface area (Å²) in [5.74, 6) is 1.34. The molecule has 4 heteroatoms. The molecule has 0 spiro atoms. The van der Waals surface area contributed by atoms with Crippen molar-refractivity contribution in [2.45, 2.75) is 13.8 Å². The Labute approximate surface area is 131 Å². The van der Waals surface area contributed by atoms with Gasteiger partial charge in [0.05, 0.1) is 6.54 Å². The van der Waals surface area contributed by atoms with Crippen molar-refractivity contribution in [2.24, 2.45) is 0 Å². The third kappa shape index (κ3) is 5.13. The molecular formula is C18H21NO3. The van der Waals surface area contributed by atoms with Gasteiger partial charge in [-0.05, 0) is 49.2 Å². The van der Waals surface area contributed by atoms with Crippen LogP contribution in [0.2, 0.25) is 0 Å². The molecule has 0 unspecified atom stereocenters. The Morgan fingerprint density at radius 3 is 2.45 bits per heavy atom. The molecule has 0 radical (unpaired) electrons. The second kappa shape index (κ2) is 8.08. The quantitative estimate of drug-likeness (QED) is 0.800. The van der Waals surface area contributed by atoms with Gasteiger partial charge in [-0.15, -0.1) is 0 Å². The molecule has 2 aromatic carbocycles. The molecule has 0 fully saturated rings. The molecule has 1 amide bonds. The lowest BCUT2D eigenvalue weighted by atomic mass is 10.1. The van der Waals surface area contributed by atoms with E-state index in [1.165, 1.54) is 11.1 Å². The van der Waals surface area contributed by atoms with E-state index in [0.29, 0.717) is 18.9 Å². The number of para-hydroxylation sites is 1. The average Bonchev–Trinajstić information content (AvgIpc) is 2.54. The highest BCUT2D eigenvalue weighted by Crippen LogP contribution is 2.16. The third-order valence-electron chi connectivity index (χ3n) is 3.28. The first kappa shape index (κ1) is 15.9. The fourth-order valence-electron chi connectivity index (χ4n) is 1.88.